The van der Waals surface area contributed by atoms with E-state index in [9.17, 15) is 3.10 Å². The number of hydrogen-bond donors (Lipinski definition) is 1. The zero-order valence-corrected chi connectivity index (χ0v) is 5.72. The van der Waals surface area contributed by atoms with Crippen molar-refractivity contribution in [1.29, 1.82) is 0 Å². The normalized spacial score (nSPS) is 8.17. The van der Waals surface area contributed by atoms with Crippen molar-refractivity contribution in [3.63, 3.8) is 0 Å². The monoisotopic (exact) mass is 205 g/mol. The number of aliphatic hydroxyl groups excluding tert-OH is 1. The first-order valence-electron chi connectivity index (χ1n) is 1.77. The predicted octanol–water partition coefficient (Wildman–Crippen LogP) is -0.163. The van der Waals surface area contributed by atoms with E-state index >= 15 is 0 Å². The van der Waals surface area contributed by atoms with Crippen molar-refractivity contribution >= 4 is 20.9 Å². The molecule has 1 N–H and O–H groups in total. The molecule has 0 aromatic rings. The summed E-state index contributed by atoms with van der Waals surface area (Å²) in [6, 6.07) is 0. The SMILES string of the molecule is O=[Te]CCCO. The number of hydrogen-bond acceptors (Lipinski definition) is 2. The Labute approximate surface area is 47.0 Å². The summed E-state index contributed by atoms with van der Waals surface area (Å²) in [5.41, 5.74) is 0. The van der Waals surface area contributed by atoms with Crippen LogP contribution in [0.1, 0.15) is 6.42 Å². The van der Waals surface area contributed by atoms with Gasteiger partial charge in [0.05, 0.1) is 0 Å². The van der Waals surface area contributed by atoms with Crippen molar-refractivity contribution in [2.45, 2.75) is 10.9 Å². The molecule has 0 bridgehead atoms. The fourth-order valence-corrected chi connectivity index (χ4v) is 0.828. The van der Waals surface area contributed by atoms with Gasteiger partial charge in [-0.2, -0.15) is 0 Å². The molecule has 0 atom stereocenters. The van der Waals surface area contributed by atoms with Gasteiger partial charge in [0.15, 0.2) is 0 Å². The number of aliphatic hydroxyl groups is 1. The van der Waals surface area contributed by atoms with Crippen LogP contribution in [0.15, 0.2) is 0 Å². The van der Waals surface area contributed by atoms with E-state index < -0.39 is 20.9 Å². The van der Waals surface area contributed by atoms with Gasteiger partial charge in [0.25, 0.3) is 0 Å². The Kier molecular flexibility index (Phi) is 6.06. The summed E-state index contributed by atoms with van der Waals surface area (Å²) in [5, 5.41) is 8.08. The van der Waals surface area contributed by atoms with E-state index in [0.717, 1.165) is 4.47 Å². The van der Waals surface area contributed by atoms with Gasteiger partial charge in [-0.1, -0.05) is 0 Å². The average molecular weight is 203 g/mol. The quantitative estimate of drug-likeness (QED) is 0.510. The van der Waals surface area contributed by atoms with E-state index in [2.05, 4.69) is 0 Å². The van der Waals surface area contributed by atoms with Crippen molar-refractivity contribution in [2.24, 2.45) is 0 Å². The molecule has 0 aromatic heterocycles. The molecule has 0 aliphatic carbocycles. The van der Waals surface area contributed by atoms with Gasteiger partial charge in [-0.3, -0.25) is 0 Å². The molecule has 0 fully saturated rings. The van der Waals surface area contributed by atoms with E-state index in [-0.39, 0.29) is 6.61 Å². The second-order valence-electron chi connectivity index (χ2n) is 0.899. The standard InChI is InChI=1S/C3H7O2Te/c4-2-1-3-6-5/h4H,1-3H2. The van der Waals surface area contributed by atoms with Crippen LogP contribution >= 0.6 is 0 Å². The van der Waals surface area contributed by atoms with E-state index in [0.29, 0.717) is 6.42 Å². The van der Waals surface area contributed by atoms with Crippen LogP contribution in [0.4, 0.5) is 0 Å². The zero-order chi connectivity index (χ0) is 4.83. The maximum absolute atomic E-state index is 9.71. The molecule has 2 nitrogen and oxygen atoms in total. The van der Waals surface area contributed by atoms with Gasteiger partial charge in [0.2, 0.25) is 0 Å². The van der Waals surface area contributed by atoms with Crippen LogP contribution in [0.2, 0.25) is 4.47 Å². The fraction of sp³-hybridized carbons (Fsp3) is 1.00. The molecule has 0 spiro atoms. The van der Waals surface area contributed by atoms with Crippen molar-refractivity contribution in [1.82, 2.24) is 0 Å². The van der Waals surface area contributed by atoms with E-state index in [1.807, 2.05) is 0 Å². The summed E-state index contributed by atoms with van der Waals surface area (Å²) >= 11 is -0.946. The summed E-state index contributed by atoms with van der Waals surface area (Å²) in [4.78, 5) is 0. The van der Waals surface area contributed by atoms with Crippen LogP contribution in [0.25, 0.3) is 0 Å². The molecular weight excluding hydrogens is 196 g/mol. The maximum atomic E-state index is 9.71. The summed E-state index contributed by atoms with van der Waals surface area (Å²) in [7, 11) is 0. The predicted molar refractivity (Wildman–Crippen MR) is 23.0 cm³/mol. The van der Waals surface area contributed by atoms with Crippen LogP contribution in [-0.2, 0) is 3.10 Å². The first kappa shape index (κ1) is 6.55. The Morgan fingerprint density at radius 3 is 2.50 bits per heavy atom. The Morgan fingerprint density at radius 1 is 1.67 bits per heavy atom. The van der Waals surface area contributed by atoms with Crippen molar-refractivity contribution in [2.75, 3.05) is 6.61 Å². The van der Waals surface area contributed by atoms with Crippen LogP contribution in [0, 0.1) is 0 Å². The van der Waals surface area contributed by atoms with Crippen molar-refractivity contribution in [3.8, 4) is 0 Å². The van der Waals surface area contributed by atoms with E-state index in [4.69, 9.17) is 5.11 Å². The molecule has 0 amide bonds. The van der Waals surface area contributed by atoms with Crippen LogP contribution < -0.4 is 0 Å². The molecule has 0 rings (SSSR count). The Balaban J connectivity index is 2.49. The second kappa shape index (κ2) is 5.55. The minimum atomic E-state index is -0.946. The molecule has 37 valence electrons. The Bertz CT molecular complexity index is 37.8. The van der Waals surface area contributed by atoms with Crippen LogP contribution in [0.5, 0.6) is 0 Å². The van der Waals surface area contributed by atoms with Gasteiger partial charge in [-0.15, -0.1) is 0 Å². The third-order valence-corrected chi connectivity index (χ3v) is 1.69. The van der Waals surface area contributed by atoms with Crippen LogP contribution in [-0.4, -0.2) is 32.6 Å². The Hall–Kier alpha value is 0.550. The minimum absolute atomic E-state index is 0.188. The van der Waals surface area contributed by atoms with Gasteiger partial charge < -0.3 is 0 Å². The zero-order valence-electron chi connectivity index (χ0n) is 3.39. The Morgan fingerprint density at radius 2 is 2.33 bits per heavy atom. The first-order chi connectivity index (χ1) is 2.91. The van der Waals surface area contributed by atoms with Gasteiger partial charge in [0.1, 0.15) is 0 Å². The van der Waals surface area contributed by atoms with Crippen LogP contribution in [0.3, 0.4) is 0 Å². The van der Waals surface area contributed by atoms with E-state index in [1.54, 1.807) is 0 Å². The fourth-order valence-electron chi connectivity index (χ4n) is 0.123. The summed E-state index contributed by atoms with van der Waals surface area (Å²) < 4.78 is 10.4. The summed E-state index contributed by atoms with van der Waals surface area (Å²) in [5.74, 6) is 0. The molecule has 0 saturated heterocycles. The molecule has 1 radical (unpaired) electrons. The van der Waals surface area contributed by atoms with Crippen molar-refractivity contribution < 1.29 is 8.21 Å². The molecule has 0 unspecified atom stereocenters. The molecular formula is C3H7O2Te. The molecule has 0 aliphatic heterocycles. The summed E-state index contributed by atoms with van der Waals surface area (Å²) in [6.07, 6.45) is 0.714. The molecule has 6 heavy (non-hydrogen) atoms. The van der Waals surface area contributed by atoms with E-state index in [1.165, 1.54) is 0 Å². The third-order valence-electron chi connectivity index (χ3n) is 0.386. The number of rotatable bonds is 3. The third kappa shape index (κ3) is 4.55. The molecule has 0 aliphatic rings. The van der Waals surface area contributed by atoms with Crippen molar-refractivity contribution in [3.05, 3.63) is 0 Å². The molecule has 0 saturated carbocycles. The average Bonchev–Trinajstić information content (AvgIpc) is 1.61. The van der Waals surface area contributed by atoms with Gasteiger partial charge in [-0.25, -0.2) is 0 Å². The van der Waals surface area contributed by atoms with Gasteiger partial charge in [0, 0.05) is 0 Å². The second-order valence-corrected chi connectivity index (χ2v) is 2.74. The molecule has 3 heteroatoms. The summed E-state index contributed by atoms with van der Waals surface area (Å²) in [6.45, 7) is 0.188. The first-order valence-corrected chi connectivity index (χ1v) is 4.37. The van der Waals surface area contributed by atoms with Gasteiger partial charge >= 0.3 is 46.6 Å². The molecule has 0 aromatic carbocycles. The molecule has 0 heterocycles. The topological polar surface area (TPSA) is 37.3 Å². The van der Waals surface area contributed by atoms with Gasteiger partial charge in [-0.05, 0) is 0 Å².